The zero-order valence-corrected chi connectivity index (χ0v) is 21.7. The summed E-state index contributed by atoms with van der Waals surface area (Å²) >= 11 is 0. The lowest BCUT2D eigenvalue weighted by molar-refractivity contribution is 0.0967. The summed E-state index contributed by atoms with van der Waals surface area (Å²) in [5.41, 5.74) is 27.7. The topological polar surface area (TPSA) is 236 Å². The fourth-order valence-electron chi connectivity index (χ4n) is 5.16. The number of amides is 6. The maximum absolute atomic E-state index is 13.8. The highest BCUT2D eigenvalue weighted by atomic mass is 16.2. The molecule has 10 N–H and O–H groups in total. The molecule has 4 aromatic carbocycles. The molecule has 1 aliphatic rings. The molecule has 0 atom stereocenters. The number of anilines is 2. The summed E-state index contributed by atoms with van der Waals surface area (Å²) in [6.45, 7) is 0. The van der Waals surface area contributed by atoms with Gasteiger partial charge in [-0.3, -0.25) is 33.7 Å². The third-order valence-corrected chi connectivity index (χ3v) is 6.91. The standard InChI is InChI=1S/C30H22N6O6/c31-25(37)16-7-3-5-13(22(16)27(33)39)14-11-12-18(30(42)36-19-9-1-2-10-20(19)36)24(29(35)41)21(14)15-6-4-8-17(26(32)38)23(15)28(34)40/h1-12H,(H2,31,37)(H2,32,38)(H2,33,39)(H2,34,40)(H2,35,41). The van der Waals surface area contributed by atoms with Gasteiger partial charge in [-0.25, -0.2) is 0 Å². The van der Waals surface area contributed by atoms with Gasteiger partial charge in [-0.05, 0) is 47.0 Å². The van der Waals surface area contributed by atoms with Crippen molar-refractivity contribution in [2.45, 2.75) is 0 Å². The Balaban J connectivity index is 1.93. The Labute approximate surface area is 237 Å². The Morgan fingerprint density at radius 3 is 1.38 bits per heavy atom. The third-order valence-electron chi connectivity index (χ3n) is 6.91. The molecule has 12 heteroatoms. The van der Waals surface area contributed by atoms with Gasteiger partial charge >= 0.3 is 0 Å². The van der Waals surface area contributed by atoms with Crippen LogP contribution in [0.2, 0.25) is 0 Å². The summed E-state index contributed by atoms with van der Waals surface area (Å²) in [4.78, 5) is 78.2. The van der Waals surface area contributed by atoms with Crippen LogP contribution in [0.3, 0.4) is 0 Å². The van der Waals surface area contributed by atoms with Crippen molar-refractivity contribution in [1.29, 1.82) is 0 Å². The van der Waals surface area contributed by atoms with Crippen LogP contribution in [0, 0.1) is 0 Å². The van der Waals surface area contributed by atoms with E-state index in [1.807, 2.05) is 0 Å². The molecule has 0 aromatic heterocycles. The first-order chi connectivity index (χ1) is 20.0. The average Bonchev–Trinajstić information content (AvgIpc) is 3.69. The zero-order valence-electron chi connectivity index (χ0n) is 21.7. The molecule has 1 aliphatic heterocycles. The summed E-state index contributed by atoms with van der Waals surface area (Å²) in [6, 6.07) is 17.8. The molecule has 5 rings (SSSR count). The average molecular weight is 563 g/mol. The van der Waals surface area contributed by atoms with E-state index in [9.17, 15) is 28.8 Å². The number of hydrogen-bond acceptors (Lipinski definition) is 6. The highest BCUT2D eigenvalue weighted by Crippen LogP contribution is 2.49. The van der Waals surface area contributed by atoms with Crippen molar-refractivity contribution in [1.82, 2.24) is 0 Å². The lowest BCUT2D eigenvalue weighted by Crippen LogP contribution is -2.25. The van der Waals surface area contributed by atoms with Crippen LogP contribution in [0.4, 0.5) is 11.4 Å². The minimum Gasteiger partial charge on any atom is -0.366 e. The van der Waals surface area contributed by atoms with E-state index in [-0.39, 0.29) is 55.6 Å². The van der Waals surface area contributed by atoms with Gasteiger partial charge in [0.1, 0.15) is 0 Å². The molecule has 6 amide bonds. The van der Waals surface area contributed by atoms with E-state index in [4.69, 9.17) is 28.7 Å². The number of carbonyl (C=O) groups excluding carboxylic acids is 6. The van der Waals surface area contributed by atoms with Crippen LogP contribution in [0.15, 0.2) is 72.8 Å². The Morgan fingerprint density at radius 1 is 0.429 bits per heavy atom. The van der Waals surface area contributed by atoms with Crippen molar-refractivity contribution < 1.29 is 28.8 Å². The second-order valence-electron chi connectivity index (χ2n) is 9.32. The number of fused-ring (bicyclic) bond motifs is 1. The fraction of sp³-hybridized carbons (Fsp3) is 0. The van der Waals surface area contributed by atoms with Crippen molar-refractivity contribution in [2.75, 3.05) is 4.90 Å². The monoisotopic (exact) mass is 562 g/mol. The first kappa shape index (κ1) is 27.3. The minimum atomic E-state index is -1.08. The van der Waals surface area contributed by atoms with Gasteiger partial charge in [0, 0.05) is 5.56 Å². The second-order valence-corrected chi connectivity index (χ2v) is 9.32. The Hall–Kier alpha value is -6.30. The van der Waals surface area contributed by atoms with E-state index in [2.05, 4.69) is 0 Å². The number of nitrogens with two attached hydrogens (primary N) is 5. The molecule has 0 radical (unpaired) electrons. The first-order valence-electron chi connectivity index (χ1n) is 12.3. The van der Waals surface area contributed by atoms with Crippen molar-refractivity contribution in [3.8, 4) is 22.3 Å². The van der Waals surface area contributed by atoms with E-state index in [0.29, 0.717) is 11.4 Å². The van der Waals surface area contributed by atoms with E-state index in [1.165, 1.54) is 53.4 Å². The van der Waals surface area contributed by atoms with Crippen LogP contribution in [-0.4, -0.2) is 35.4 Å². The number of carbonyl (C=O) groups is 6. The van der Waals surface area contributed by atoms with E-state index in [1.54, 1.807) is 24.3 Å². The van der Waals surface area contributed by atoms with Crippen LogP contribution in [-0.2, 0) is 0 Å². The zero-order chi connectivity index (χ0) is 30.5. The first-order valence-corrected chi connectivity index (χ1v) is 12.3. The second kappa shape index (κ2) is 10.0. The van der Waals surface area contributed by atoms with Gasteiger partial charge in [0.25, 0.3) is 5.91 Å². The smallest absolute Gasteiger partial charge is 0.263 e. The number of nitrogens with zero attached hydrogens (tertiary/aromatic N) is 1. The molecule has 0 bridgehead atoms. The molecular weight excluding hydrogens is 540 g/mol. The minimum absolute atomic E-state index is 0.0326. The maximum Gasteiger partial charge on any atom is 0.263 e. The predicted octanol–water partition coefficient (Wildman–Crippen LogP) is 1.81. The summed E-state index contributed by atoms with van der Waals surface area (Å²) in [7, 11) is 0. The molecule has 1 heterocycles. The van der Waals surface area contributed by atoms with Crippen LogP contribution in [0.1, 0.15) is 62.1 Å². The quantitative estimate of drug-likeness (QED) is 0.201. The van der Waals surface area contributed by atoms with E-state index >= 15 is 0 Å². The largest absolute Gasteiger partial charge is 0.366 e. The summed E-state index contributed by atoms with van der Waals surface area (Å²) < 4.78 is 0. The number of para-hydroxylation sites is 2. The molecule has 12 nitrogen and oxygen atoms in total. The lowest BCUT2D eigenvalue weighted by Gasteiger charge is -2.21. The molecule has 0 unspecified atom stereocenters. The third kappa shape index (κ3) is 4.29. The molecule has 4 aromatic rings. The normalized spacial score (nSPS) is 11.4. The number of rotatable bonds is 8. The molecule has 0 saturated carbocycles. The van der Waals surface area contributed by atoms with Crippen LogP contribution < -0.4 is 33.6 Å². The SMILES string of the molecule is NC(=O)c1cccc(-c2ccc(C(=O)N3c4ccccc43)c(C(N)=O)c2-c2cccc(C(N)=O)c2C(N)=O)c1C(N)=O. The number of hydrogen-bond donors (Lipinski definition) is 5. The van der Waals surface area contributed by atoms with Gasteiger partial charge in [0.05, 0.1) is 44.8 Å². The van der Waals surface area contributed by atoms with E-state index < -0.39 is 35.4 Å². The Kier molecular flexibility index (Phi) is 6.51. The number of primary amides is 5. The molecule has 42 heavy (non-hydrogen) atoms. The van der Waals surface area contributed by atoms with Crippen LogP contribution >= 0.6 is 0 Å². The summed E-state index contributed by atoms with van der Waals surface area (Å²) in [6.07, 6.45) is 0. The van der Waals surface area contributed by atoms with Gasteiger partial charge in [-0.15, -0.1) is 0 Å². The fourth-order valence-corrected chi connectivity index (χ4v) is 5.16. The van der Waals surface area contributed by atoms with Crippen molar-refractivity contribution in [3.05, 3.63) is 106 Å². The summed E-state index contributed by atoms with van der Waals surface area (Å²) in [5.74, 6) is -5.73. The Bertz CT molecular complexity index is 1890. The van der Waals surface area contributed by atoms with Crippen molar-refractivity contribution in [3.63, 3.8) is 0 Å². The van der Waals surface area contributed by atoms with Crippen LogP contribution in [0.5, 0.6) is 0 Å². The highest BCUT2D eigenvalue weighted by Gasteiger charge is 2.38. The van der Waals surface area contributed by atoms with Gasteiger partial charge in [-0.1, -0.05) is 42.5 Å². The highest BCUT2D eigenvalue weighted by molar-refractivity contribution is 6.26. The van der Waals surface area contributed by atoms with E-state index in [0.717, 1.165) is 0 Å². The molecule has 0 saturated heterocycles. The Morgan fingerprint density at radius 2 is 0.905 bits per heavy atom. The van der Waals surface area contributed by atoms with Crippen molar-refractivity contribution >= 4 is 46.8 Å². The van der Waals surface area contributed by atoms with Gasteiger partial charge in [-0.2, -0.15) is 0 Å². The van der Waals surface area contributed by atoms with Gasteiger partial charge < -0.3 is 28.7 Å². The molecular formula is C30H22N6O6. The van der Waals surface area contributed by atoms with Crippen molar-refractivity contribution in [2.24, 2.45) is 28.7 Å². The van der Waals surface area contributed by atoms with Gasteiger partial charge in [0.15, 0.2) is 0 Å². The predicted molar refractivity (Wildman–Crippen MR) is 153 cm³/mol. The molecule has 208 valence electrons. The van der Waals surface area contributed by atoms with Crippen LogP contribution in [0.25, 0.3) is 22.3 Å². The molecule has 0 fully saturated rings. The molecule has 0 aliphatic carbocycles. The maximum atomic E-state index is 13.8. The molecule has 0 spiro atoms. The summed E-state index contributed by atoms with van der Waals surface area (Å²) in [5, 5.41) is 0. The number of benzene rings is 4. The lowest BCUT2D eigenvalue weighted by atomic mass is 9.82. The van der Waals surface area contributed by atoms with Gasteiger partial charge in [0.2, 0.25) is 29.5 Å².